The Bertz CT molecular complexity index is 150. The summed E-state index contributed by atoms with van der Waals surface area (Å²) in [6.45, 7) is 3.51. The molecule has 0 aromatic heterocycles. The van der Waals surface area contributed by atoms with Crippen LogP contribution in [0.4, 0.5) is 0 Å². The molecule has 1 atom stereocenters. The van der Waals surface area contributed by atoms with Gasteiger partial charge in [0, 0.05) is 24.7 Å². The van der Waals surface area contributed by atoms with Crippen LogP contribution in [0.15, 0.2) is 0 Å². The third-order valence-corrected chi connectivity index (χ3v) is 3.10. The largest absolute Gasteiger partial charge is 0.312 e. The molecule has 1 N–H and O–H groups in total. The average molecular weight is 168 g/mol. The molecule has 0 amide bonds. The monoisotopic (exact) mass is 168 g/mol. The molecule has 0 aromatic carbocycles. The van der Waals surface area contributed by atoms with Crippen LogP contribution in [0.5, 0.6) is 0 Å². The van der Waals surface area contributed by atoms with E-state index < -0.39 is 0 Å². The van der Waals surface area contributed by atoms with Crippen molar-refractivity contribution < 1.29 is 0 Å². The van der Waals surface area contributed by atoms with Gasteiger partial charge in [-0.1, -0.05) is 0 Å². The molecule has 2 aliphatic carbocycles. The van der Waals surface area contributed by atoms with Crippen molar-refractivity contribution in [3.63, 3.8) is 0 Å². The van der Waals surface area contributed by atoms with E-state index in [0.717, 1.165) is 18.1 Å². The Morgan fingerprint density at radius 2 is 2.00 bits per heavy atom. The maximum atomic E-state index is 3.58. The molecule has 2 fully saturated rings. The first-order valence-corrected chi connectivity index (χ1v) is 5.22. The van der Waals surface area contributed by atoms with Gasteiger partial charge in [0.1, 0.15) is 0 Å². The Labute approximate surface area is 75.3 Å². The average Bonchev–Trinajstić information content (AvgIpc) is 2.85. The minimum atomic E-state index is 0.720. The van der Waals surface area contributed by atoms with Crippen molar-refractivity contribution in [2.24, 2.45) is 0 Å². The van der Waals surface area contributed by atoms with Crippen molar-refractivity contribution in [2.45, 2.75) is 50.7 Å². The molecule has 2 saturated carbocycles. The zero-order valence-electron chi connectivity index (χ0n) is 8.21. The highest BCUT2D eigenvalue weighted by molar-refractivity contribution is 4.88. The summed E-state index contributed by atoms with van der Waals surface area (Å²) in [6, 6.07) is 2.49. The molecule has 0 radical (unpaired) electrons. The van der Waals surface area contributed by atoms with Crippen molar-refractivity contribution in [3.05, 3.63) is 0 Å². The normalized spacial score (nSPS) is 26.2. The van der Waals surface area contributed by atoms with Crippen LogP contribution < -0.4 is 5.32 Å². The van der Waals surface area contributed by atoms with Gasteiger partial charge in [-0.3, -0.25) is 4.90 Å². The topological polar surface area (TPSA) is 15.3 Å². The number of nitrogens with one attached hydrogen (secondary N) is 1. The molecule has 0 bridgehead atoms. The summed E-state index contributed by atoms with van der Waals surface area (Å²) in [4.78, 5) is 2.52. The Kier molecular flexibility index (Phi) is 2.37. The molecule has 1 unspecified atom stereocenters. The molecule has 2 heteroatoms. The Morgan fingerprint density at radius 1 is 1.33 bits per heavy atom. The standard InChI is InChI=1S/C10H20N2/c1-8(7-11-9-3-4-9)12(2)10-5-6-10/h8-11H,3-7H2,1-2H3. The minimum absolute atomic E-state index is 0.720. The molecule has 0 spiro atoms. The first kappa shape index (κ1) is 8.52. The van der Waals surface area contributed by atoms with Crippen LogP contribution in [-0.2, 0) is 0 Å². The second-order valence-electron chi connectivity index (χ2n) is 4.43. The zero-order valence-corrected chi connectivity index (χ0v) is 8.21. The molecule has 2 rings (SSSR count). The third-order valence-electron chi connectivity index (χ3n) is 3.10. The van der Waals surface area contributed by atoms with Crippen molar-refractivity contribution in [3.8, 4) is 0 Å². The molecule has 2 aliphatic rings. The summed E-state index contributed by atoms with van der Waals surface area (Å²) in [7, 11) is 2.26. The van der Waals surface area contributed by atoms with Gasteiger partial charge in [0.25, 0.3) is 0 Å². The lowest BCUT2D eigenvalue weighted by Gasteiger charge is -2.24. The van der Waals surface area contributed by atoms with E-state index in [2.05, 4.69) is 24.2 Å². The lowest BCUT2D eigenvalue weighted by molar-refractivity contribution is 0.241. The second-order valence-corrected chi connectivity index (χ2v) is 4.43. The lowest BCUT2D eigenvalue weighted by atomic mass is 10.3. The highest BCUT2D eigenvalue weighted by Gasteiger charge is 2.29. The number of hydrogen-bond acceptors (Lipinski definition) is 2. The highest BCUT2D eigenvalue weighted by atomic mass is 15.2. The second kappa shape index (κ2) is 3.35. The quantitative estimate of drug-likeness (QED) is 0.664. The molecular formula is C10H20N2. The first-order chi connectivity index (χ1) is 5.77. The fraction of sp³-hybridized carbons (Fsp3) is 1.00. The van der Waals surface area contributed by atoms with E-state index in [-0.39, 0.29) is 0 Å². The number of rotatable bonds is 5. The third kappa shape index (κ3) is 2.20. The summed E-state index contributed by atoms with van der Waals surface area (Å²) >= 11 is 0. The summed E-state index contributed by atoms with van der Waals surface area (Å²) in [5.41, 5.74) is 0. The molecule has 70 valence electrons. The molecule has 0 aromatic rings. The van der Waals surface area contributed by atoms with Crippen LogP contribution in [-0.4, -0.2) is 36.6 Å². The van der Waals surface area contributed by atoms with E-state index in [9.17, 15) is 0 Å². The maximum absolute atomic E-state index is 3.58. The molecule has 0 aliphatic heterocycles. The van der Waals surface area contributed by atoms with Crippen LogP contribution in [0.25, 0.3) is 0 Å². The van der Waals surface area contributed by atoms with E-state index in [0.29, 0.717) is 0 Å². The zero-order chi connectivity index (χ0) is 8.55. The molecule has 0 heterocycles. The van der Waals surface area contributed by atoms with Gasteiger partial charge < -0.3 is 5.32 Å². The van der Waals surface area contributed by atoms with Crippen molar-refractivity contribution in [1.29, 1.82) is 0 Å². The van der Waals surface area contributed by atoms with Gasteiger partial charge in [0.2, 0.25) is 0 Å². The van der Waals surface area contributed by atoms with E-state index in [1.54, 1.807) is 0 Å². The van der Waals surface area contributed by atoms with Gasteiger partial charge in [0.15, 0.2) is 0 Å². The van der Waals surface area contributed by atoms with Gasteiger partial charge in [-0.2, -0.15) is 0 Å². The first-order valence-electron chi connectivity index (χ1n) is 5.22. The Hall–Kier alpha value is -0.0800. The maximum Gasteiger partial charge on any atom is 0.0192 e. The van der Waals surface area contributed by atoms with Gasteiger partial charge in [-0.15, -0.1) is 0 Å². The number of likely N-dealkylation sites (N-methyl/N-ethyl adjacent to an activating group) is 1. The highest BCUT2D eigenvalue weighted by Crippen LogP contribution is 2.27. The van der Waals surface area contributed by atoms with Crippen molar-refractivity contribution >= 4 is 0 Å². The molecular weight excluding hydrogens is 148 g/mol. The van der Waals surface area contributed by atoms with E-state index in [1.165, 1.54) is 32.2 Å². The molecule has 0 saturated heterocycles. The van der Waals surface area contributed by atoms with Crippen LogP contribution in [0.3, 0.4) is 0 Å². The fourth-order valence-corrected chi connectivity index (χ4v) is 1.61. The van der Waals surface area contributed by atoms with E-state index >= 15 is 0 Å². The predicted molar refractivity (Wildman–Crippen MR) is 51.3 cm³/mol. The van der Waals surface area contributed by atoms with Crippen molar-refractivity contribution in [1.82, 2.24) is 10.2 Å². The molecule has 12 heavy (non-hydrogen) atoms. The van der Waals surface area contributed by atoms with E-state index in [4.69, 9.17) is 0 Å². The van der Waals surface area contributed by atoms with Gasteiger partial charge >= 0.3 is 0 Å². The minimum Gasteiger partial charge on any atom is -0.312 e. The molecule has 2 nitrogen and oxygen atoms in total. The fourth-order valence-electron chi connectivity index (χ4n) is 1.61. The Morgan fingerprint density at radius 3 is 2.50 bits per heavy atom. The summed E-state index contributed by atoms with van der Waals surface area (Å²) in [6.07, 6.45) is 5.65. The van der Waals surface area contributed by atoms with Gasteiger partial charge in [-0.25, -0.2) is 0 Å². The summed E-state index contributed by atoms with van der Waals surface area (Å²) in [5.74, 6) is 0. The lowest BCUT2D eigenvalue weighted by Crippen LogP contribution is -2.39. The smallest absolute Gasteiger partial charge is 0.0192 e. The summed E-state index contributed by atoms with van der Waals surface area (Å²) < 4.78 is 0. The van der Waals surface area contributed by atoms with Gasteiger partial charge in [0.05, 0.1) is 0 Å². The van der Waals surface area contributed by atoms with Crippen LogP contribution >= 0.6 is 0 Å². The Balaban J connectivity index is 1.63. The number of nitrogens with zero attached hydrogens (tertiary/aromatic N) is 1. The van der Waals surface area contributed by atoms with Crippen LogP contribution in [0.1, 0.15) is 32.6 Å². The number of hydrogen-bond donors (Lipinski definition) is 1. The van der Waals surface area contributed by atoms with E-state index in [1.807, 2.05) is 0 Å². The SMILES string of the molecule is CC(CNC1CC1)N(C)C1CC1. The van der Waals surface area contributed by atoms with Crippen LogP contribution in [0.2, 0.25) is 0 Å². The van der Waals surface area contributed by atoms with Crippen LogP contribution in [0, 0.1) is 0 Å². The van der Waals surface area contributed by atoms with Crippen molar-refractivity contribution in [2.75, 3.05) is 13.6 Å². The predicted octanol–water partition coefficient (Wildman–Crippen LogP) is 1.22. The van der Waals surface area contributed by atoms with Gasteiger partial charge in [-0.05, 0) is 39.7 Å². The summed E-state index contributed by atoms with van der Waals surface area (Å²) in [5, 5.41) is 3.58.